The minimum atomic E-state index is -0.473. The van der Waals surface area contributed by atoms with E-state index in [-0.39, 0.29) is 11.4 Å². The largest absolute Gasteiger partial charge is 0.497 e. The number of carbonyl (C=O) groups is 2. The van der Waals surface area contributed by atoms with Crippen LogP contribution in [0.4, 0.5) is 11.4 Å². The van der Waals surface area contributed by atoms with Crippen molar-refractivity contribution in [3.8, 4) is 11.5 Å². The van der Waals surface area contributed by atoms with Gasteiger partial charge in [0.2, 0.25) is 5.76 Å². The number of carbonyl (C=O) groups excluding carboxylic acids is 2. The molecule has 156 valence electrons. The molecule has 0 aliphatic carbocycles. The SMILES string of the molecule is COc1ccc(C(=O)Nc2c(C(=O)Nc3ccccc3)oc3ccccc23)c(OC)c1. The van der Waals surface area contributed by atoms with E-state index in [0.717, 1.165) is 0 Å². The monoisotopic (exact) mass is 416 g/mol. The van der Waals surface area contributed by atoms with E-state index in [0.29, 0.717) is 33.7 Å². The zero-order chi connectivity index (χ0) is 21.8. The van der Waals surface area contributed by atoms with Crippen molar-refractivity contribution in [3.05, 3.63) is 84.1 Å². The van der Waals surface area contributed by atoms with Crippen molar-refractivity contribution < 1.29 is 23.5 Å². The van der Waals surface area contributed by atoms with E-state index in [1.54, 1.807) is 54.6 Å². The third kappa shape index (κ3) is 4.06. The molecule has 3 aromatic carbocycles. The summed E-state index contributed by atoms with van der Waals surface area (Å²) in [6.07, 6.45) is 0. The van der Waals surface area contributed by atoms with Crippen LogP contribution in [0, 0.1) is 0 Å². The fourth-order valence-corrected chi connectivity index (χ4v) is 3.21. The van der Waals surface area contributed by atoms with Crippen molar-refractivity contribution in [2.75, 3.05) is 24.9 Å². The van der Waals surface area contributed by atoms with E-state index >= 15 is 0 Å². The molecule has 0 spiro atoms. The Hall–Kier alpha value is -4.26. The molecule has 0 atom stereocenters. The van der Waals surface area contributed by atoms with E-state index in [1.807, 2.05) is 18.2 Å². The van der Waals surface area contributed by atoms with E-state index in [4.69, 9.17) is 13.9 Å². The second-order valence-electron chi connectivity index (χ2n) is 6.64. The standard InChI is InChI=1S/C24H20N2O5/c1-29-16-12-13-18(20(14-16)30-2)23(27)26-21-17-10-6-7-11-19(17)31-22(21)24(28)25-15-8-4-3-5-9-15/h3-14H,1-2H3,(H,25,28)(H,26,27). The zero-order valence-corrected chi connectivity index (χ0v) is 17.0. The minimum Gasteiger partial charge on any atom is -0.497 e. The quantitative estimate of drug-likeness (QED) is 0.464. The zero-order valence-electron chi connectivity index (χ0n) is 17.0. The number of hydrogen-bond acceptors (Lipinski definition) is 5. The van der Waals surface area contributed by atoms with Crippen molar-refractivity contribution in [2.45, 2.75) is 0 Å². The minimum absolute atomic E-state index is 0.00545. The number of hydrogen-bond donors (Lipinski definition) is 2. The first-order valence-electron chi connectivity index (χ1n) is 9.52. The molecule has 31 heavy (non-hydrogen) atoms. The van der Waals surface area contributed by atoms with Crippen LogP contribution in [0.5, 0.6) is 11.5 Å². The van der Waals surface area contributed by atoms with Crippen LogP contribution in [0.2, 0.25) is 0 Å². The molecule has 0 fully saturated rings. The van der Waals surface area contributed by atoms with Gasteiger partial charge in [0, 0.05) is 17.1 Å². The van der Waals surface area contributed by atoms with E-state index in [1.165, 1.54) is 14.2 Å². The molecule has 1 aromatic heterocycles. The molecular formula is C24H20N2O5. The number of ether oxygens (including phenoxy) is 2. The predicted octanol–water partition coefficient (Wildman–Crippen LogP) is 4.95. The van der Waals surface area contributed by atoms with Crippen molar-refractivity contribution in [2.24, 2.45) is 0 Å². The van der Waals surface area contributed by atoms with Crippen LogP contribution in [0.25, 0.3) is 11.0 Å². The van der Waals surface area contributed by atoms with Gasteiger partial charge in [-0.25, -0.2) is 0 Å². The normalized spacial score (nSPS) is 10.5. The van der Waals surface area contributed by atoms with Crippen LogP contribution < -0.4 is 20.1 Å². The maximum Gasteiger partial charge on any atom is 0.293 e. The Balaban J connectivity index is 1.71. The summed E-state index contributed by atoms with van der Waals surface area (Å²) in [5.74, 6) is -0.00452. The van der Waals surface area contributed by atoms with Crippen molar-refractivity contribution in [1.82, 2.24) is 0 Å². The van der Waals surface area contributed by atoms with Gasteiger partial charge in [-0.1, -0.05) is 30.3 Å². The number of anilines is 2. The third-order valence-corrected chi connectivity index (χ3v) is 4.73. The molecule has 0 saturated heterocycles. The second-order valence-corrected chi connectivity index (χ2v) is 6.64. The number of para-hydroxylation sites is 2. The topological polar surface area (TPSA) is 89.8 Å². The van der Waals surface area contributed by atoms with Gasteiger partial charge in [-0.05, 0) is 36.4 Å². The molecule has 7 nitrogen and oxygen atoms in total. The van der Waals surface area contributed by atoms with Gasteiger partial charge in [0.1, 0.15) is 22.8 Å². The highest BCUT2D eigenvalue weighted by atomic mass is 16.5. The van der Waals surface area contributed by atoms with E-state index in [9.17, 15) is 9.59 Å². The molecule has 7 heteroatoms. The lowest BCUT2D eigenvalue weighted by Crippen LogP contribution is -2.17. The lowest BCUT2D eigenvalue weighted by molar-refractivity contribution is 0.0999. The summed E-state index contributed by atoms with van der Waals surface area (Å²) in [6, 6.07) is 21.0. The molecule has 4 aromatic rings. The second kappa shape index (κ2) is 8.62. The highest BCUT2D eigenvalue weighted by molar-refractivity contribution is 6.17. The van der Waals surface area contributed by atoms with Crippen LogP contribution in [-0.2, 0) is 0 Å². The maximum absolute atomic E-state index is 13.1. The van der Waals surface area contributed by atoms with Crippen molar-refractivity contribution >= 4 is 34.2 Å². The molecule has 1 heterocycles. The van der Waals surface area contributed by atoms with Crippen molar-refractivity contribution in [1.29, 1.82) is 0 Å². The van der Waals surface area contributed by atoms with Gasteiger partial charge < -0.3 is 24.5 Å². The lowest BCUT2D eigenvalue weighted by Gasteiger charge is -2.11. The van der Waals surface area contributed by atoms with Crippen molar-refractivity contribution in [3.63, 3.8) is 0 Å². The summed E-state index contributed by atoms with van der Waals surface area (Å²) >= 11 is 0. The van der Waals surface area contributed by atoms with Crippen LogP contribution in [0.15, 0.2) is 77.2 Å². The average molecular weight is 416 g/mol. The van der Waals surface area contributed by atoms with Crippen LogP contribution in [-0.4, -0.2) is 26.0 Å². The van der Waals surface area contributed by atoms with E-state index < -0.39 is 11.8 Å². The Morgan fingerprint density at radius 2 is 1.55 bits per heavy atom. The van der Waals surface area contributed by atoms with Gasteiger partial charge in [-0.15, -0.1) is 0 Å². The third-order valence-electron chi connectivity index (χ3n) is 4.73. The van der Waals surface area contributed by atoms with Gasteiger partial charge in [-0.3, -0.25) is 9.59 Å². The summed E-state index contributed by atoms with van der Waals surface area (Å²) in [5.41, 5.74) is 1.68. The van der Waals surface area contributed by atoms with Gasteiger partial charge in [0.25, 0.3) is 11.8 Å². The number of furan rings is 1. The maximum atomic E-state index is 13.1. The van der Waals surface area contributed by atoms with Gasteiger partial charge in [0.15, 0.2) is 0 Å². The molecule has 0 radical (unpaired) electrons. The van der Waals surface area contributed by atoms with Crippen LogP contribution in [0.3, 0.4) is 0 Å². The highest BCUT2D eigenvalue weighted by Crippen LogP contribution is 2.33. The molecule has 0 bridgehead atoms. The number of rotatable bonds is 6. The van der Waals surface area contributed by atoms with Gasteiger partial charge in [-0.2, -0.15) is 0 Å². The molecular weight excluding hydrogens is 396 g/mol. The Morgan fingerprint density at radius 1 is 0.806 bits per heavy atom. The number of nitrogens with one attached hydrogen (secondary N) is 2. The molecule has 4 rings (SSSR count). The average Bonchev–Trinajstić information content (AvgIpc) is 3.17. The fraction of sp³-hybridized carbons (Fsp3) is 0.0833. The Morgan fingerprint density at radius 3 is 2.29 bits per heavy atom. The molecule has 0 saturated carbocycles. The van der Waals surface area contributed by atoms with E-state index in [2.05, 4.69) is 10.6 Å². The molecule has 0 aliphatic heterocycles. The first kappa shape index (κ1) is 20.0. The highest BCUT2D eigenvalue weighted by Gasteiger charge is 2.24. The first-order chi connectivity index (χ1) is 15.1. The predicted molar refractivity (Wildman–Crippen MR) is 118 cm³/mol. The lowest BCUT2D eigenvalue weighted by atomic mass is 10.1. The molecule has 2 amide bonds. The summed E-state index contributed by atoms with van der Waals surface area (Å²) in [7, 11) is 3.00. The van der Waals surface area contributed by atoms with Crippen LogP contribution >= 0.6 is 0 Å². The fourth-order valence-electron chi connectivity index (χ4n) is 3.21. The summed E-state index contributed by atoms with van der Waals surface area (Å²) in [6.45, 7) is 0. The number of fused-ring (bicyclic) bond motifs is 1. The Labute approximate surface area is 178 Å². The molecule has 0 unspecified atom stereocenters. The molecule has 2 N–H and O–H groups in total. The summed E-state index contributed by atoms with van der Waals surface area (Å²) in [5, 5.41) is 6.21. The summed E-state index contributed by atoms with van der Waals surface area (Å²) in [4.78, 5) is 26.0. The Bertz CT molecular complexity index is 1250. The smallest absolute Gasteiger partial charge is 0.293 e. The van der Waals surface area contributed by atoms with Gasteiger partial charge in [0.05, 0.1) is 19.8 Å². The summed E-state index contributed by atoms with van der Waals surface area (Å²) < 4.78 is 16.3. The molecule has 0 aliphatic rings. The van der Waals surface area contributed by atoms with Gasteiger partial charge >= 0.3 is 0 Å². The van der Waals surface area contributed by atoms with Crippen LogP contribution in [0.1, 0.15) is 20.9 Å². The Kier molecular flexibility index (Phi) is 5.57. The number of methoxy groups -OCH3 is 2. The number of benzene rings is 3. The number of amides is 2. The first-order valence-corrected chi connectivity index (χ1v) is 9.52.